The van der Waals surface area contributed by atoms with Crippen molar-refractivity contribution < 1.29 is 19.3 Å². The van der Waals surface area contributed by atoms with Crippen LogP contribution in [0.25, 0.3) is 0 Å². The van der Waals surface area contributed by atoms with Gasteiger partial charge in [0.05, 0.1) is 32.5 Å². The van der Waals surface area contributed by atoms with Gasteiger partial charge in [-0.3, -0.25) is 14.3 Å². The van der Waals surface area contributed by atoms with Crippen molar-refractivity contribution in [3.8, 4) is 0 Å². The Morgan fingerprint density at radius 2 is 2.04 bits per heavy atom. The lowest BCUT2D eigenvalue weighted by Gasteiger charge is -2.40. The molecule has 0 unspecified atom stereocenters. The minimum Gasteiger partial charge on any atom is -0.393 e. The number of aromatic amines is 1. The SMILES string of the molecule is O=c1ccn([C@]23COC[C@](CO)(O2)[C@@H](OCc2ccccc2)C3)c(=O)[nH]1. The van der Waals surface area contributed by atoms with Gasteiger partial charge >= 0.3 is 5.69 Å². The fourth-order valence-electron chi connectivity index (χ4n) is 3.67. The molecule has 0 saturated carbocycles. The number of ether oxygens (including phenoxy) is 3. The molecule has 2 bridgehead atoms. The normalized spacial score (nSPS) is 30.4. The maximum Gasteiger partial charge on any atom is 0.330 e. The van der Waals surface area contributed by atoms with Crippen LogP contribution in [0.2, 0.25) is 0 Å². The van der Waals surface area contributed by atoms with Crippen LogP contribution < -0.4 is 11.2 Å². The summed E-state index contributed by atoms with van der Waals surface area (Å²) in [4.78, 5) is 25.9. The molecule has 2 aliphatic rings. The standard InChI is InChI=1S/C18H20N2O6/c21-10-17-11-24-12-18(26-17,20-7-6-15(22)19-16(20)23)8-14(17)25-9-13-4-2-1-3-5-13/h1-7,14,21H,8-12H2,(H,19,22,23)/t14-,17-,18-/m0/s1. The summed E-state index contributed by atoms with van der Waals surface area (Å²) < 4.78 is 19.2. The molecule has 2 fully saturated rings. The average molecular weight is 360 g/mol. The van der Waals surface area contributed by atoms with Crippen LogP contribution >= 0.6 is 0 Å². The zero-order valence-electron chi connectivity index (χ0n) is 14.1. The molecule has 3 atom stereocenters. The highest BCUT2D eigenvalue weighted by Gasteiger charge is 2.61. The van der Waals surface area contributed by atoms with Gasteiger partial charge in [-0.1, -0.05) is 30.3 Å². The largest absolute Gasteiger partial charge is 0.393 e. The number of benzene rings is 1. The highest BCUT2D eigenvalue weighted by atomic mass is 16.6. The molecule has 8 heteroatoms. The summed E-state index contributed by atoms with van der Waals surface area (Å²) in [6.07, 6.45) is 1.25. The van der Waals surface area contributed by atoms with Gasteiger partial charge in [-0.05, 0) is 5.56 Å². The zero-order valence-corrected chi connectivity index (χ0v) is 14.1. The Labute approximate surface area is 149 Å². The first-order valence-corrected chi connectivity index (χ1v) is 8.44. The smallest absolute Gasteiger partial charge is 0.330 e. The molecule has 1 aromatic carbocycles. The third kappa shape index (κ3) is 2.80. The van der Waals surface area contributed by atoms with Crippen LogP contribution in [0.1, 0.15) is 12.0 Å². The van der Waals surface area contributed by atoms with E-state index in [0.717, 1.165) is 5.56 Å². The highest BCUT2D eigenvalue weighted by Crippen LogP contribution is 2.46. The van der Waals surface area contributed by atoms with Gasteiger partial charge in [0.25, 0.3) is 5.56 Å². The lowest BCUT2D eigenvalue weighted by molar-refractivity contribution is -0.266. The Kier molecular flexibility index (Phi) is 4.28. The number of aliphatic hydroxyl groups is 1. The summed E-state index contributed by atoms with van der Waals surface area (Å²) >= 11 is 0. The number of hydrogen-bond acceptors (Lipinski definition) is 6. The molecule has 2 N–H and O–H groups in total. The second-order valence-corrected chi connectivity index (χ2v) is 6.73. The molecule has 0 aliphatic carbocycles. The van der Waals surface area contributed by atoms with Crippen molar-refractivity contribution in [1.29, 1.82) is 0 Å². The minimum absolute atomic E-state index is 0.131. The average Bonchev–Trinajstić information content (AvgIpc) is 2.88. The van der Waals surface area contributed by atoms with E-state index in [1.807, 2.05) is 30.3 Å². The molecule has 0 spiro atoms. The Morgan fingerprint density at radius 3 is 2.77 bits per heavy atom. The molecule has 4 rings (SSSR count). The van der Waals surface area contributed by atoms with Crippen molar-refractivity contribution in [1.82, 2.24) is 9.55 Å². The van der Waals surface area contributed by atoms with E-state index >= 15 is 0 Å². The van der Waals surface area contributed by atoms with Gasteiger partial charge in [-0.25, -0.2) is 4.79 Å². The zero-order chi connectivity index (χ0) is 18.2. The number of H-pyrrole nitrogens is 1. The van der Waals surface area contributed by atoms with E-state index < -0.39 is 28.7 Å². The first-order chi connectivity index (χ1) is 12.6. The van der Waals surface area contributed by atoms with Crippen LogP contribution in [-0.4, -0.2) is 46.2 Å². The molecule has 2 aromatic rings. The van der Waals surface area contributed by atoms with E-state index in [1.54, 1.807) is 0 Å². The lowest BCUT2D eigenvalue weighted by Crippen LogP contribution is -2.55. The summed E-state index contributed by atoms with van der Waals surface area (Å²) in [5.74, 6) is 0. The van der Waals surface area contributed by atoms with Crippen LogP contribution in [0.4, 0.5) is 0 Å². The summed E-state index contributed by atoms with van der Waals surface area (Å²) in [5.41, 5.74) is -2.24. The number of aromatic nitrogens is 2. The summed E-state index contributed by atoms with van der Waals surface area (Å²) in [6, 6.07) is 10.9. The predicted molar refractivity (Wildman–Crippen MR) is 90.7 cm³/mol. The third-order valence-electron chi connectivity index (χ3n) is 4.98. The monoisotopic (exact) mass is 360 g/mol. The Morgan fingerprint density at radius 1 is 1.23 bits per heavy atom. The van der Waals surface area contributed by atoms with Gasteiger partial charge in [-0.2, -0.15) is 0 Å². The van der Waals surface area contributed by atoms with E-state index in [9.17, 15) is 14.7 Å². The van der Waals surface area contributed by atoms with Crippen molar-refractivity contribution in [2.24, 2.45) is 0 Å². The maximum absolute atomic E-state index is 12.3. The van der Waals surface area contributed by atoms with Gasteiger partial charge in [0, 0.05) is 18.7 Å². The fraction of sp³-hybridized carbons (Fsp3) is 0.444. The van der Waals surface area contributed by atoms with Crippen molar-refractivity contribution in [2.75, 3.05) is 19.8 Å². The molecule has 26 heavy (non-hydrogen) atoms. The number of rotatable bonds is 5. The van der Waals surface area contributed by atoms with E-state index in [0.29, 0.717) is 13.0 Å². The molecule has 2 saturated heterocycles. The number of nitrogens with zero attached hydrogens (tertiary/aromatic N) is 1. The number of nitrogens with one attached hydrogen (secondary N) is 1. The van der Waals surface area contributed by atoms with E-state index in [1.165, 1.54) is 16.8 Å². The first-order valence-electron chi connectivity index (χ1n) is 8.44. The molecular formula is C18H20N2O6. The van der Waals surface area contributed by atoms with Gasteiger partial charge in [-0.15, -0.1) is 0 Å². The molecule has 3 heterocycles. The lowest BCUT2D eigenvalue weighted by atomic mass is 9.97. The van der Waals surface area contributed by atoms with Crippen molar-refractivity contribution in [3.05, 3.63) is 69.0 Å². The Bertz CT molecular complexity index is 894. The van der Waals surface area contributed by atoms with Crippen LogP contribution in [0.15, 0.2) is 52.2 Å². The quantitative estimate of drug-likeness (QED) is 0.775. The second kappa shape index (κ2) is 6.48. The molecular weight excluding hydrogens is 340 g/mol. The molecule has 0 radical (unpaired) electrons. The molecule has 1 aromatic heterocycles. The van der Waals surface area contributed by atoms with E-state index in [-0.39, 0.29) is 19.8 Å². The number of aliphatic hydroxyl groups excluding tert-OH is 1. The van der Waals surface area contributed by atoms with Crippen molar-refractivity contribution in [2.45, 2.75) is 30.5 Å². The van der Waals surface area contributed by atoms with E-state index in [4.69, 9.17) is 14.2 Å². The molecule has 138 valence electrons. The molecule has 8 nitrogen and oxygen atoms in total. The molecule has 2 aliphatic heterocycles. The summed E-state index contributed by atoms with van der Waals surface area (Å²) in [6.45, 7) is 0.355. The fourth-order valence-corrected chi connectivity index (χ4v) is 3.67. The van der Waals surface area contributed by atoms with Gasteiger partial charge in [0.2, 0.25) is 0 Å². The van der Waals surface area contributed by atoms with Crippen LogP contribution in [0, 0.1) is 0 Å². The topological polar surface area (TPSA) is 103 Å². The second-order valence-electron chi connectivity index (χ2n) is 6.73. The van der Waals surface area contributed by atoms with Gasteiger partial charge < -0.3 is 19.3 Å². The minimum atomic E-state index is -1.12. The summed E-state index contributed by atoms with van der Waals surface area (Å²) in [5, 5.41) is 9.98. The first kappa shape index (κ1) is 17.2. The van der Waals surface area contributed by atoms with Crippen molar-refractivity contribution >= 4 is 0 Å². The highest BCUT2D eigenvalue weighted by molar-refractivity contribution is 5.14. The Hall–Kier alpha value is -2.26. The van der Waals surface area contributed by atoms with Crippen LogP contribution in [0.3, 0.4) is 0 Å². The molecule has 0 amide bonds. The van der Waals surface area contributed by atoms with Gasteiger partial charge in [0.1, 0.15) is 5.60 Å². The van der Waals surface area contributed by atoms with E-state index in [2.05, 4.69) is 4.98 Å². The summed E-state index contributed by atoms with van der Waals surface area (Å²) in [7, 11) is 0. The maximum atomic E-state index is 12.3. The van der Waals surface area contributed by atoms with Crippen molar-refractivity contribution in [3.63, 3.8) is 0 Å². The predicted octanol–water partition coefficient (Wildman–Crippen LogP) is -0.0436. The number of hydrogen-bond donors (Lipinski definition) is 2. The number of fused-ring (bicyclic) bond motifs is 2. The third-order valence-corrected chi connectivity index (χ3v) is 4.98. The van der Waals surface area contributed by atoms with Gasteiger partial charge in [0.15, 0.2) is 5.72 Å². The van der Waals surface area contributed by atoms with Crippen LogP contribution in [0.5, 0.6) is 0 Å². The van der Waals surface area contributed by atoms with Crippen LogP contribution in [-0.2, 0) is 26.5 Å². The Balaban J connectivity index is 1.64.